The van der Waals surface area contributed by atoms with Gasteiger partial charge >= 0.3 is 12.4 Å². The molecule has 2 rings (SSSR count). The highest BCUT2D eigenvalue weighted by atomic mass is 19.4. The molecule has 0 unspecified atom stereocenters. The summed E-state index contributed by atoms with van der Waals surface area (Å²) in [6, 6.07) is 7.20. The topological polar surface area (TPSA) is 38.2 Å². The van der Waals surface area contributed by atoms with Gasteiger partial charge in [0.15, 0.2) is 6.61 Å². The second-order valence-electron chi connectivity index (χ2n) is 6.28. The van der Waals surface area contributed by atoms with Crippen LogP contribution in [0.1, 0.15) is 37.8 Å². The zero-order chi connectivity index (χ0) is 21.1. The van der Waals surface area contributed by atoms with E-state index in [1.807, 2.05) is 26.0 Å². The first-order valence-electron chi connectivity index (χ1n) is 8.43. The summed E-state index contributed by atoms with van der Waals surface area (Å²) >= 11 is 0. The van der Waals surface area contributed by atoms with Gasteiger partial charge in [0.25, 0.3) is 0 Å². The number of hydrogen-bond donors (Lipinski definition) is 0. The van der Waals surface area contributed by atoms with E-state index < -0.39 is 30.4 Å². The van der Waals surface area contributed by atoms with Crippen LogP contribution in [0.5, 0.6) is 5.88 Å². The summed E-state index contributed by atoms with van der Waals surface area (Å²) in [6.07, 6.45) is -9.32. The SMILES string of the molecule is CCN(c1ccc(C(C)C)cc1)c1ncc(C(F)(F)F)c(OCC(F)(F)F)n1. The van der Waals surface area contributed by atoms with Crippen molar-refractivity contribution in [1.82, 2.24) is 9.97 Å². The maximum atomic E-state index is 13.1. The second-order valence-corrected chi connectivity index (χ2v) is 6.28. The van der Waals surface area contributed by atoms with Crippen molar-refractivity contribution in [2.45, 2.75) is 39.0 Å². The van der Waals surface area contributed by atoms with Crippen LogP contribution in [0, 0.1) is 0 Å². The maximum Gasteiger partial charge on any atom is 0.423 e. The fraction of sp³-hybridized carbons (Fsp3) is 0.444. The minimum atomic E-state index is -4.95. The lowest BCUT2D eigenvalue weighted by molar-refractivity contribution is -0.159. The monoisotopic (exact) mass is 407 g/mol. The first-order chi connectivity index (χ1) is 12.9. The molecule has 4 nitrogen and oxygen atoms in total. The molecule has 0 atom stereocenters. The molecule has 0 radical (unpaired) electrons. The molecular weight excluding hydrogens is 388 g/mol. The standard InChI is InChI=1S/C18H19F6N3O/c1-4-27(13-7-5-12(6-8-13)11(2)3)16-25-9-14(18(22,23)24)15(26-16)28-10-17(19,20)21/h5-9,11H,4,10H2,1-3H3. The Hall–Kier alpha value is -2.52. The lowest BCUT2D eigenvalue weighted by atomic mass is 10.0. The molecule has 0 saturated carbocycles. The van der Waals surface area contributed by atoms with Crippen LogP contribution in [0.3, 0.4) is 0 Å². The van der Waals surface area contributed by atoms with Crippen LogP contribution in [0.4, 0.5) is 38.0 Å². The highest BCUT2D eigenvalue weighted by Crippen LogP contribution is 2.37. The highest BCUT2D eigenvalue weighted by Gasteiger charge is 2.38. The number of rotatable bonds is 6. The van der Waals surface area contributed by atoms with Crippen LogP contribution in [-0.4, -0.2) is 29.3 Å². The van der Waals surface area contributed by atoms with Gasteiger partial charge in [-0.1, -0.05) is 26.0 Å². The number of anilines is 2. The molecule has 10 heteroatoms. The fourth-order valence-electron chi connectivity index (χ4n) is 2.42. The molecule has 0 N–H and O–H groups in total. The van der Waals surface area contributed by atoms with Gasteiger partial charge in [-0.2, -0.15) is 31.3 Å². The van der Waals surface area contributed by atoms with Gasteiger partial charge < -0.3 is 9.64 Å². The minimum absolute atomic E-state index is 0.190. The van der Waals surface area contributed by atoms with Crippen molar-refractivity contribution in [2.75, 3.05) is 18.1 Å². The molecular formula is C18H19F6N3O. The van der Waals surface area contributed by atoms with E-state index in [1.54, 1.807) is 19.1 Å². The largest absolute Gasteiger partial charge is 0.467 e. The molecule has 1 aromatic heterocycles. The summed E-state index contributed by atoms with van der Waals surface area (Å²) < 4.78 is 80.7. The molecule has 0 fully saturated rings. The Labute approximate surface area is 158 Å². The predicted molar refractivity (Wildman–Crippen MR) is 91.8 cm³/mol. The van der Waals surface area contributed by atoms with E-state index in [4.69, 9.17) is 0 Å². The van der Waals surface area contributed by atoms with E-state index in [2.05, 4.69) is 14.7 Å². The van der Waals surface area contributed by atoms with Gasteiger partial charge in [0.05, 0.1) is 0 Å². The number of aromatic nitrogens is 2. The zero-order valence-corrected chi connectivity index (χ0v) is 15.4. The van der Waals surface area contributed by atoms with Gasteiger partial charge in [-0.05, 0) is 30.5 Å². The first-order valence-corrected chi connectivity index (χ1v) is 8.43. The van der Waals surface area contributed by atoms with Crippen molar-refractivity contribution in [3.63, 3.8) is 0 Å². The number of ether oxygens (including phenoxy) is 1. The molecule has 1 aromatic carbocycles. The molecule has 0 aliphatic rings. The van der Waals surface area contributed by atoms with Gasteiger partial charge in [-0.15, -0.1) is 0 Å². The normalized spacial score (nSPS) is 12.4. The molecule has 2 aromatic rings. The van der Waals surface area contributed by atoms with Gasteiger partial charge in [0.1, 0.15) is 5.56 Å². The summed E-state index contributed by atoms with van der Waals surface area (Å²) in [5.74, 6) is -1.06. The summed E-state index contributed by atoms with van der Waals surface area (Å²) in [4.78, 5) is 8.79. The van der Waals surface area contributed by atoms with E-state index >= 15 is 0 Å². The molecule has 28 heavy (non-hydrogen) atoms. The lowest BCUT2D eigenvalue weighted by Gasteiger charge is -2.23. The Kier molecular flexibility index (Phi) is 6.41. The molecule has 154 valence electrons. The van der Waals surface area contributed by atoms with Crippen molar-refractivity contribution < 1.29 is 31.1 Å². The van der Waals surface area contributed by atoms with Crippen LogP contribution >= 0.6 is 0 Å². The van der Waals surface area contributed by atoms with E-state index in [0.717, 1.165) is 5.56 Å². The Morgan fingerprint density at radius 3 is 2.11 bits per heavy atom. The molecule has 0 aliphatic carbocycles. The Bertz CT molecular complexity index is 787. The zero-order valence-electron chi connectivity index (χ0n) is 15.4. The number of hydrogen-bond acceptors (Lipinski definition) is 4. The molecule has 0 amide bonds. The number of halogens is 6. The van der Waals surface area contributed by atoms with E-state index in [-0.39, 0.29) is 18.4 Å². The van der Waals surface area contributed by atoms with Crippen LogP contribution in [0.15, 0.2) is 30.5 Å². The number of benzene rings is 1. The van der Waals surface area contributed by atoms with Crippen molar-refractivity contribution in [3.8, 4) is 5.88 Å². The number of alkyl halides is 6. The smallest absolute Gasteiger partial charge is 0.423 e. The van der Waals surface area contributed by atoms with Crippen LogP contribution in [0.25, 0.3) is 0 Å². The summed E-state index contributed by atoms with van der Waals surface area (Å²) in [5.41, 5.74) is 0.183. The van der Waals surface area contributed by atoms with Gasteiger partial charge in [-0.3, -0.25) is 0 Å². The van der Waals surface area contributed by atoms with Crippen molar-refractivity contribution in [1.29, 1.82) is 0 Å². The number of nitrogens with zero attached hydrogens (tertiary/aromatic N) is 3. The molecule has 0 aliphatic heterocycles. The fourth-order valence-corrected chi connectivity index (χ4v) is 2.42. The Morgan fingerprint density at radius 1 is 1.04 bits per heavy atom. The molecule has 0 saturated heterocycles. The molecule has 0 bridgehead atoms. The molecule has 0 spiro atoms. The maximum absolute atomic E-state index is 13.1. The quantitative estimate of drug-likeness (QED) is 0.575. The summed E-state index contributed by atoms with van der Waals surface area (Å²) in [5, 5.41) is 0. The second kappa shape index (κ2) is 8.24. The van der Waals surface area contributed by atoms with Crippen LogP contribution in [0.2, 0.25) is 0 Å². The predicted octanol–water partition coefficient (Wildman–Crippen LogP) is 5.72. The average Bonchev–Trinajstić information content (AvgIpc) is 2.59. The summed E-state index contributed by atoms with van der Waals surface area (Å²) in [6.45, 7) is 4.13. The van der Waals surface area contributed by atoms with Gasteiger partial charge in [0, 0.05) is 18.4 Å². The van der Waals surface area contributed by atoms with Crippen molar-refractivity contribution in [3.05, 3.63) is 41.6 Å². The molecule has 1 heterocycles. The minimum Gasteiger partial charge on any atom is -0.467 e. The van der Waals surface area contributed by atoms with Crippen molar-refractivity contribution >= 4 is 11.6 Å². The Morgan fingerprint density at radius 2 is 1.64 bits per heavy atom. The average molecular weight is 407 g/mol. The third-order valence-electron chi connectivity index (χ3n) is 3.85. The van der Waals surface area contributed by atoms with Gasteiger partial charge in [0.2, 0.25) is 11.8 Å². The van der Waals surface area contributed by atoms with Crippen LogP contribution < -0.4 is 9.64 Å². The Balaban J connectivity index is 2.42. The van der Waals surface area contributed by atoms with Gasteiger partial charge in [-0.25, -0.2) is 4.98 Å². The first kappa shape index (κ1) is 21.8. The van der Waals surface area contributed by atoms with E-state index in [9.17, 15) is 26.3 Å². The lowest BCUT2D eigenvalue weighted by Crippen LogP contribution is -2.24. The van der Waals surface area contributed by atoms with Crippen molar-refractivity contribution in [2.24, 2.45) is 0 Å². The van der Waals surface area contributed by atoms with E-state index in [1.165, 1.54) is 4.90 Å². The summed E-state index contributed by atoms with van der Waals surface area (Å²) in [7, 11) is 0. The third-order valence-corrected chi connectivity index (χ3v) is 3.85. The third kappa shape index (κ3) is 5.49. The van der Waals surface area contributed by atoms with E-state index in [0.29, 0.717) is 11.9 Å². The highest BCUT2D eigenvalue weighted by molar-refractivity contribution is 5.58. The van der Waals surface area contributed by atoms with Crippen LogP contribution in [-0.2, 0) is 6.18 Å².